The van der Waals surface area contributed by atoms with Crippen LogP contribution in [0.25, 0.3) is 0 Å². The molecule has 2 N–H and O–H groups in total. The van der Waals surface area contributed by atoms with Gasteiger partial charge in [-0.3, -0.25) is 9.69 Å². The van der Waals surface area contributed by atoms with Gasteiger partial charge in [0, 0.05) is 0 Å². The number of nitrogens with one attached hydrogen (secondary N) is 1. The Labute approximate surface area is 110 Å². The molecule has 0 radical (unpaired) electrons. The fraction of sp³-hybridized carbons (Fsp3) is 0.846. The molecule has 0 spiro atoms. The highest BCUT2D eigenvalue weighted by atomic mass is 16.4. The Balaban J connectivity index is 4.13. The van der Waals surface area contributed by atoms with Crippen LogP contribution in [0.3, 0.4) is 0 Å². The molecule has 0 fully saturated rings. The fourth-order valence-corrected chi connectivity index (χ4v) is 1.69. The van der Waals surface area contributed by atoms with Crippen molar-refractivity contribution in [3.63, 3.8) is 0 Å². The number of carboxylic acid groups (broad SMARTS) is 1. The molecule has 0 bridgehead atoms. The summed E-state index contributed by atoms with van der Waals surface area (Å²) in [4.78, 5) is 24.6. The van der Waals surface area contributed by atoms with E-state index in [1.54, 1.807) is 0 Å². The van der Waals surface area contributed by atoms with Crippen LogP contribution < -0.4 is 5.32 Å². The molecule has 18 heavy (non-hydrogen) atoms. The lowest BCUT2D eigenvalue weighted by atomic mass is 10.0. The maximum Gasteiger partial charge on any atom is 0.326 e. The smallest absolute Gasteiger partial charge is 0.326 e. The molecule has 0 aromatic rings. The summed E-state index contributed by atoms with van der Waals surface area (Å²) in [5.41, 5.74) is 0. The molecule has 0 aliphatic rings. The number of aliphatic carboxylic acids is 1. The molecule has 1 unspecified atom stereocenters. The number of carbonyl (C=O) groups is 2. The number of amides is 1. The molecular formula is C13H26N2O3. The van der Waals surface area contributed by atoms with Crippen molar-refractivity contribution in [3.05, 3.63) is 0 Å². The molecule has 0 saturated heterocycles. The van der Waals surface area contributed by atoms with Crippen molar-refractivity contribution in [2.45, 2.75) is 46.1 Å². The molecule has 0 aliphatic heterocycles. The van der Waals surface area contributed by atoms with Gasteiger partial charge in [0.25, 0.3) is 0 Å². The second-order valence-corrected chi connectivity index (χ2v) is 5.18. The van der Waals surface area contributed by atoms with Crippen LogP contribution in [0.5, 0.6) is 0 Å². The average Bonchev–Trinajstić information content (AvgIpc) is 2.24. The maximum atomic E-state index is 11.7. The first-order valence-corrected chi connectivity index (χ1v) is 6.57. The standard InChI is InChI=1S/C13H26N2O3/c1-5-6-7-15(4)9-12(16)14-11(13(17)18)8-10(2)3/h10-11H,5-9H2,1-4H3,(H,14,16)(H,17,18). The first-order valence-electron chi connectivity index (χ1n) is 6.57. The van der Waals surface area contributed by atoms with Crippen LogP contribution >= 0.6 is 0 Å². The second kappa shape index (κ2) is 8.91. The van der Waals surface area contributed by atoms with Crippen molar-refractivity contribution < 1.29 is 14.7 Å². The normalized spacial score (nSPS) is 12.8. The van der Waals surface area contributed by atoms with Gasteiger partial charge >= 0.3 is 5.97 Å². The number of rotatable bonds is 9. The lowest BCUT2D eigenvalue weighted by Gasteiger charge is -2.19. The van der Waals surface area contributed by atoms with Crippen LogP contribution in [-0.2, 0) is 9.59 Å². The monoisotopic (exact) mass is 258 g/mol. The predicted octanol–water partition coefficient (Wildman–Crippen LogP) is 1.33. The third-order valence-electron chi connectivity index (χ3n) is 2.65. The summed E-state index contributed by atoms with van der Waals surface area (Å²) in [5, 5.41) is 11.6. The minimum Gasteiger partial charge on any atom is -0.480 e. The summed E-state index contributed by atoms with van der Waals surface area (Å²) in [6.07, 6.45) is 2.58. The Bertz CT molecular complexity index is 267. The minimum absolute atomic E-state index is 0.221. The van der Waals surface area contributed by atoms with E-state index >= 15 is 0 Å². The Kier molecular flexibility index (Phi) is 8.37. The number of hydrogen-bond acceptors (Lipinski definition) is 3. The Hall–Kier alpha value is -1.10. The van der Waals surface area contributed by atoms with Gasteiger partial charge in [0.05, 0.1) is 6.54 Å². The second-order valence-electron chi connectivity index (χ2n) is 5.18. The number of nitrogens with zero attached hydrogens (tertiary/aromatic N) is 1. The predicted molar refractivity (Wildman–Crippen MR) is 71.4 cm³/mol. The van der Waals surface area contributed by atoms with Gasteiger partial charge in [-0.05, 0) is 32.4 Å². The Morgan fingerprint density at radius 3 is 2.39 bits per heavy atom. The third-order valence-corrected chi connectivity index (χ3v) is 2.65. The van der Waals surface area contributed by atoms with Crippen molar-refractivity contribution in [1.82, 2.24) is 10.2 Å². The molecule has 0 rings (SSSR count). The zero-order chi connectivity index (χ0) is 14.1. The van der Waals surface area contributed by atoms with Crippen molar-refractivity contribution in [1.29, 1.82) is 0 Å². The lowest BCUT2D eigenvalue weighted by Crippen LogP contribution is -2.45. The zero-order valence-electron chi connectivity index (χ0n) is 11.9. The average molecular weight is 258 g/mol. The molecule has 5 heteroatoms. The van der Waals surface area contributed by atoms with Crippen LogP contribution in [0.4, 0.5) is 0 Å². The van der Waals surface area contributed by atoms with Crippen molar-refractivity contribution in [3.8, 4) is 0 Å². The van der Waals surface area contributed by atoms with Crippen molar-refractivity contribution >= 4 is 11.9 Å². The number of carbonyl (C=O) groups excluding carboxylic acids is 1. The van der Waals surface area contributed by atoms with Gasteiger partial charge in [-0.25, -0.2) is 4.79 Å². The van der Waals surface area contributed by atoms with Gasteiger partial charge in [-0.15, -0.1) is 0 Å². The third kappa shape index (κ3) is 8.06. The van der Waals surface area contributed by atoms with Gasteiger partial charge in [0.1, 0.15) is 6.04 Å². The molecule has 1 atom stereocenters. The van der Waals surface area contributed by atoms with Gasteiger partial charge in [0.15, 0.2) is 0 Å². The highest BCUT2D eigenvalue weighted by Gasteiger charge is 2.21. The lowest BCUT2D eigenvalue weighted by molar-refractivity contribution is -0.142. The summed E-state index contributed by atoms with van der Waals surface area (Å²) in [6.45, 7) is 7.08. The van der Waals surface area contributed by atoms with Crippen LogP contribution in [0.1, 0.15) is 40.0 Å². The summed E-state index contributed by atoms with van der Waals surface area (Å²) in [7, 11) is 1.87. The first kappa shape index (κ1) is 16.9. The van der Waals surface area contributed by atoms with E-state index in [1.165, 1.54) is 0 Å². The molecule has 106 valence electrons. The molecule has 0 aliphatic carbocycles. The first-order chi connectivity index (χ1) is 8.36. The van der Waals surface area contributed by atoms with Gasteiger partial charge in [-0.1, -0.05) is 27.2 Å². The summed E-state index contributed by atoms with van der Waals surface area (Å²) in [6, 6.07) is -0.780. The SMILES string of the molecule is CCCCN(C)CC(=O)NC(CC(C)C)C(=O)O. The van der Waals surface area contributed by atoms with Crippen LogP contribution in [0, 0.1) is 5.92 Å². The van der Waals surface area contributed by atoms with Crippen molar-refractivity contribution in [2.24, 2.45) is 5.92 Å². The zero-order valence-corrected chi connectivity index (χ0v) is 11.9. The molecular weight excluding hydrogens is 232 g/mol. The van der Waals surface area contributed by atoms with E-state index in [0.717, 1.165) is 19.4 Å². The van der Waals surface area contributed by atoms with E-state index in [9.17, 15) is 9.59 Å². The molecule has 0 aromatic heterocycles. The Morgan fingerprint density at radius 2 is 1.94 bits per heavy atom. The van der Waals surface area contributed by atoms with Crippen LogP contribution in [0.15, 0.2) is 0 Å². The van der Waals surface area contributed by atoms with Crippen molar-refractivity contribution in [2.75, 3.05) is 20.1 Å². The highest BCUT2D eigenvalue weighted by Crippen LogP contribution is 2.05. The number of unbranched alkanes of at least 4 members (excludes halogenated alkanes) is 1. The van der Waals surface area contributed by atoms with Crippen LogP contribution in [0.2, 0.25) is 0 Å². The summed E-state index contributed by atoms with van der Waals surface area (Å²) in [5.74, 6) is -0.945. The molecule has 5 nitrogen and oxygen atoms in total. The minimum atomic E-state index is -0.965. The largest absolute Gasteiger partial charge is 0.480 e. The summed E-state index contributed by atoms with van der Waals surface area (Å²) < 4.78 is 0. The van der Waals surface area contributed by atoms with Crippen LogP contribution in [-0.4, -0.2) is 48.1 Å². The highest BCUT2D eigenvalue weighted by molar-refractivity contribution is 5.84. The van der Waals surface area contributed by atoms with Gasteiger partial charge < -0.3 is 10.4 Å². The molecule has 0 aromatic carbocycles. The number of hydrogen-bond donors (Lipinski definition) is 2. The van der Waals surface area contributed by atoms with E-state index in [-0.39, 0.29) is 18.4 Å². The number of carboxylic acids is 1. The Morgan fingerprint density at radius 1 is 1.33 bits per heavy atom. The number of likely N-dealkylation sites (N-methyl/N-ethyl adjacent to an activating group) is 1. The van der Waals surface area contributed by atoms with E-state index in [2.05, 4.69) is 12.2 Å². The summed E-state index contributed by atoms with van der Waals surface area (Å²) >= 11 is 0. The van der Waals surface area contributed by atoms with E-state index in [1.807, 2.05) is 25.8 Å². The van der Waals surface area contributed by atoms with E-state index in [4.69, 9.17) is 5.11 Å². The molecule has 0 saturated carbocycles. The van der Waals surface area contributed by atoms with E-state index < -0.39 is 12.0 Å². The fourth-order valence-electron chi connectivity index (χ4n) is 1.69. The molecule has 0 heterocycles. The quantitative estimate of drug-likeness (QED) is 0.654. The van der Waals surface area contributed by atoms with Gasteiger partial charge in [-0.2, -0.15) is 0 Å². The topological polar surface area (TPSA) is 69.6 Å². The van der Waals surface area contributed by atoms with Gasteiger partial charge in [0.2, 0.25) is 5.91 Å². The van der Waals surface area contributed by atoms with E-state index in [0.29, 0.717) is 6.42 Å². The maximum absolute atomic E-state index is 11.7. The molecule has 1 amide bonds.